The second-order valence-corrected chi connectivity index (χ2v) is 54.0. The van der Waals surface area contributed by atoms with Gasteiger partial charge in [-0.05, 0) is 487 Å². The van der Waals surface area contributed by atoms with Crippen LogP contribution in [0.5, 0.6) is 0 Å². The largest absolute Gasteiger partial charge is 0.463 e. The zero-order chi connectivity index (χ0) is 88.0. The van der Waals surface area contributed by atoms with Gasteiger partial charge in [-0.2, -0.15) is 0 Å². The third-order valence-electron chi connectivity index (χ3n) is 48.0. The molecular formula is C112H170O14. The van der Waals surface area contributed by atoms with Gasteiger partial charge in [0.05, 0.1) is 48.9 Å². The fraction of sp³-hybridized carbons (Fsp3) is 0.946. The average Bonchev–Trinajstić information content (AvgIpc) is 1.57. The van der Waals surface area contributed by atoms with E-state index in [9.17, 15) is 33.9 Å². The lowest BCUT2D eigenvalue weighted by Crippen LogP contribution is -2.58. The van der Waals surface area contributed by atoms with Gasteiger partial charge in [0.1, 0.15) is 16.8 Å². The first-order valence-corrected chi connectivity index (χ1v) is 54.5. The molecule has 26 saturated carbocycles. The van der Waals surface area contributed by atoms with Crippen LogP contribution in [-0.4, -0.2) is 89.4 Å². The summed E-state index contributed by atoms with van der Waals surface area (Å²) < 4.78 is 39.6. The SMILES string of the molecule is CC1C(C)C2CC1C1C3CC(C(=O)OC(C)(C)C)C(C3)C21.CC1C(C)C2CC1C1C3CC(C(=O)OC(C)(C)C)C(C3)C21.CC1C(C)C2CC1C1C3CC(C(=O)OC4CCCCO4)C(C3)C21.CC1C(C)C2CC1C1C3CC(C(=O)OC4CCOC4=O)C(C3)C21.CC1C(C)C2CC1C1C3CC(O)C(C3)C21.CC1C2CC(C(=O)OC3(C)C4CC5CC(C4)CC3C5)C(C2)C1C. The molecule has 702 valence electrons. The molecule has 2 saturated heterocycles. The van der Waals surface area contributed by atoms with Crippen molar-refractivity contribution in [3.63, 3.8) is 0 Å². The minimum Gasteiger partial charge on any atom is -0.463 e. The molecule has 26 aliphatic carbocycles. The van der Waals surface area contributed by atoms with Crippen molar-refractivity contribution in [1.82, 2.24) is 0 Å². The molecule has 0 aromatic carbocycles. The van der Waals surface area contributed by atoms with Crippen molar-refractivity contribution < 1.29 is 67.0 Å². The van der Waals surface area contributed by atoms with Gasteiger partial charge in [0.15, 0.2) is 0 Å². The second-order valence-electron chi connectivity index (χ2n) is 54.0. The van der Waals surface area contributed by atoms with Gasteiger partial charge in [-0.15, -0.1) is 0 Å². The lowest BCUT2D eigenvalue weighted by Gasteiger charge is -2.59. The smallest absolute Gasteiger partial charge is 0.347 e. The van der Waals surface area contributed by atoms with Gasteiger partial charge in [-0.25, -0.2) is 4.79 Å². The lowest BCUT2D eigenvalue weighted by atomic mass is 9.50. The van der Waals surface area contributed by atoms with Crippen LogP contribution in [-0.2, 0) is 61.9 Å². The maximum atomic E-state index is 13.1. The summed E-state index contributed by atoms with van der Waals surface area (Å²) in [5.74, 6) is 41.1. The number of hydrogen-bond acceptors (Lipinski definition) is 14. The summed E-state index contributed by atoms with van der Waals surface area (Å²) >= 11 is 0. The van der Waals surface area contributed by atoms with Crippen LogP contribution in [0.25, 0.3) is 0 Å². The predicted molar refractivity (Wildman–Crippen MR) is 482 cm³/mol. The van der Waals surface area contributed by atoms with Gasteiger partial charge in [0, 0.05) is 12.8 Å². The Kier molecular flexibility index (Phi) is 22.3. The van der Waals surface area contributed by atoms with E-state index >= 15 is 0 Å². The molecule has 2 aliphatic heterocycles. The van der Waals surface area contributed by atoms with Gasteiger partial charge < -0.3 is 38.3 Å². The number of carbonyl (C=O) groups is 6. The zero-order valence-corrected chi connectivity index (χ0v) is 81.4. The Morgan fingerprint density at radius 1 is 0.317 bits per heavy atom. The van der Waals surface area contributed by atoms with E-state index < -0.39 is 6.10 Å². The van der Waals surface area contributed by atoms with Crippen LogP contribution in [0, 0.1) is 314 Å². The minimum atomic E-state index is -0.642. The Bertz CT molecular complexity index is 4010. The quantitative estimate of drug-likeness (QED) is 0.137. The normalized spacial score (nSPS) is 57.8. The van der Waals surface area contributed by atoms with E-state index in [-0.39, 0.29) is 94.6 Å². The van der Waals surface area contributed by atoms with Gasteiger partial charge in [-0.1, -0.05) is 83.1 Å². The highest BCUT2D eigenvalue weighted by Gasteiger charge is 2.73. The molecule has 14 heteroatoms. The number of aliphatic hydroxyl groups excluding tert-OH is 1. The highest BCUT2D eigenvalue weighted by Crippen LogP contribution is 2.77. The molecule has 52 atom stereocenters. The molecule has 28 aliphatic rings. The highest BCUT2D eigenvalue weighted by atomic mass is 16.7. The molecule has 1 N–H and O–H groups in total. The summed E-state index contributed by atoms with van der Waals surface area (Å²) in [6, 6.07) is 0. The zero-order valence-electron chi connectivity index (χ0n) is 81.4. The Morgan fingerprint density at radius 2 is 0.635 bits per heavy atom. The first-order chi connectivity index (χ1) is 59.9. The summed E-state index contributed by atoms with van der Waals surface area (Å²) in [6.07, 6.45) is 31.1. The molecule has 26 bridgehead atoms. The third kappa shape index (κ3) is 13.8. The monoisotopic (exact) mass is 1740 g/mol. The second kappa shape index (κ2) is 31.9. The number of hydrogen-bond donors (Lipinski definition) is 1. The van der Waals surface area contributed by atoms with Crippen LogP contribution < -0.4 is 0 Å². The number of rotatable bonds is 8. The van der Waals surface area contributed by atoms with Crippen molar-refractivity contribution in [3.8, 4) is 0 Å². The maximum absolute atomic E-state index is 13.1. The molecule has 28 rings (SSSR count). The van der Waals surface area contributed by atoms with E-state index in [0.29, 0.717) is 66.3 Å². The van der Waals surface area contributed by atoms with Gasteiger partial charge in [-0.3, -0.25) is 24.0 Å². The molecule has 0 radical (unpaired) electrons. The molecule has 0 amide bonds. The van der Waals surface area contributed by atoms with Crippen LogP contribution in [0.1, 0.15) is 298 Å². The van der Waals surface area contributed by atoms with Crippen molar-refractivity contribution in [1.29, 1.82) is 0 Å². The highest BCUT2D eigenvalue weighted by molar-refractivity contribution is 5.82. The molecule has 28 fully saturated rings. The topological polar surface area (TPSA) is 187 Å². The molecule has 2 heterocycles. The number of ether oxygens (including phenoxy) is 7. The molecule has 52 unspecified atom stereocenters. The number of cyclic esters (lactones) is 1. The standard InChI is InChI=1S/C21H32O2.C20H30O3.C19H26O4.2C19H30O2.C14H22O/c1-11-12(2)18-9-15(11)10-19(18)20(22)23-21(3)16-5-13-4-14(7-16)8-17(21)6-13;1-10-11(2)14-9-13(10)18-12-7-15(19(14)18)16(8-12)20(21)23-17-5-3-4-6-22-17;1-8-9(2)12-7-11(8)16-10-5-13(17(12)16)14(6-10)18(20)23-15-3-4-22-19(15)21;2*1-9-10(2)13-8-12(9)16-11-6-14(17(13)16)15(7-11)18(20)21-19(3,4)5;1-6-7(2)10-5-9(6)13-8-3-11(14(10)13)12(15)4-8/h11-19H,4-10H2,1-3H3;10-19H,3-9H2,1-2H3;8-17H,3-7H2,1-2H3;2*9-17H,6-8H2,1-5H3;6-15H,3-5H2,1-2H3. The Morgan fingerprint density at radius 3 is 0.976 bits per heavy atom. The Balaban J connectivity index is 0.0000000898. The fourth-order valence-corrected chi connectivity index (χ4v) is 42.6. The van der Waals surface area contributed by atoms with E-state index in [2.05, 4.69) is 90.0 Å². The summed E-state index contributed by atoms with van der Waals surface area (Å²) in [4.78, 5) is 75.1. The van der Waals surface area contributed by atoms with E-state index in [4.69, 9.17) is 33.2 Å². The van der Waals surface area contributed by atoms with Crippen molar-refractivity contribution in [2.24, 2.45) is 314 Å². The summed E-state index contributed by atoms with van der Waals surface area (Å²) in [5.41, 5.74) is -0.815. The third-order valence-corrected chi connectivity index (χ3v) is 48.0. The number of aliphatic hydroxyl groups is 1. The summed E-state index contributed by atoms with van der Waals surface area (Å²) in [6.45, 7) is 44.7. The Hall–Kier alpha value is -3.26. The number of fused-ring (bicyclic) bond motifs is 47. The molecular weight excluding hydrogens is 1570 g/mol. The first kappa shape index (κ1) is 88.0. The fourth-order valence-electron chi connectivity index (χ4n) is 42.6. The number of carbonyl (C=O) groups excluding carboxylic acids is 6. The van der Waals surface area contributed by atoms with Crippen LogP contribution in [0.4, 0.5) is 0 Å². The Labute approximate surface area is 759 Å². The van der Waals surface area contributed by atoms with E-state index in [1.807, 2.05) is 41.5 Å². The minimum absolute atomic E-state index is 0.0384. The summed E-state index contributed by atoms with van der Waals surface area (Å²) in [7, 11) is 0. The van der Waals surface area contributed by atoms with Crippen molar-refractivity contribution in [2.45, 2.75) is 334 Å². The molecule has 0 aromatic rings. The van der Waals surface area contributed by atoms with Gasteiger partial charge in [0.25, 0.3) is 0 Å². The van der Waals surface area contributed by atoms with Crippen LogP contribution >= 0.6 is 0 Å². The van der Waals surface area contributed by atoms with Crippen molar-refractivity contribution in [2.75, 3.05) is 13.2 Å². The first-order valence-electron chi connectivity index (χ1n) is 54.5. The van der Waals surface area contributed by atoms with E-state index in [1.54, 1.807) is 0 Å². The van der Waals surface area contributed by atoms with Gasteiger partial charge >= 0.3 is 35.8 Å². The molecule has 126 heavy (non-hydrogen) atoms. The van der Waals surface area contributed by atoms with Crippen molar-refractivity contribution >= 4 is 35.8 Å². The average molecular weight is 1740 g/mol. The van der Waals surface area contributed by atoms with E-state index in [0.717, 1.165) is 295 Å². The van der Waals surface area contributed by atoms with Crippen LogP contribution in [0.2, 0.25) is 0 Å². The van der Waals surface area contributed by atoms with Crippen LogP contribution in [0.3, 0.4) is 0 Å². The summed E-state index contributed by atoms with van der Waals surface area (Å²) in [5, 5.41) is 10.0. The maximum Gasteiger partial charge on any atom is 0.347 e. The molecule has 14 nitrogen and oxygen atoms in total. The van der Waals surface area contributed by atoms with E-state index in [1.165, 1.54) is 103 Å². The van der Waals surface area contributed by atoms with Crippen LogP contribution in [0.15, 0.2) is 0 Å². The molecule has 0 aromatic heterocycles. The lowest BCUT2D eigenvalue weighted by molar-refractivity contribution is -0.209. The molecule has 0 spiro atoms. The van der Waals surface area contributed by atoms with Gasteiger partial charge in [0.2, 0.25) is 12.4 Å². The van der Waals surface area contributed by atoms with Crippen molar-refractivity contribution in [3.05, 3.63) is 0 Å². The predicted octanol–water partition coefficient (Wildman–Crippen LogP) is 22.0. The number of esters is 6.